The number of aliphatic hydroxyl groups excluding tert-OH is 3. The summed E-state index contributed by atoms with van der Waals surface area (Å²) in [6, 6.07) is -0.803. The van der Waals surface area contributed by atoms with Crippen LogP contribution in [-0.4, -0.2) is 46.1 Å². The van der Waals surface area contributed by atoms with E-state index in [9.17, 15) is 20.1 Å². The first-order chi connectivity index (χ1) is 27.1. The molecule has 0 heterocycles. The molecule has 0 fully saturated rings. The molecule has 0 saturated carbocycles. The van der Waals surface area contributed by atoms with Crippen LogP contribution in [0.3, 0.4) is 0 Å². The fourth-order valence-electron chi connectivity index (χ4n) is 8.28. The lowest BCUT2D eigenvalue weighted by atomic mass is 9.99. The van der Waals surface area contributed by atoms with Crippen molar-refractivity contribution in [3.05, 3.63) is 0 Å². The summed E-state index contributed by atoms with van der Waals surface area (Å²) in [4.78, 5) is 12.5. The second kappa shape index (κ2) is 46.0. The molecule has 55 heavy (non-hydrogen) atoms. The Kier molecular flexibility index (Phi) is 45.5. The van der Waals surface area contributed by atoms with Gasteiger partial charge in [0, 0.05) is 6.42 Å². The van der Waals surface area contributed by atoms with Gasteiger partial charge in [0.15, 0.2) is 0 Å². The Morgan fingerprint density at radius 3 is 0.873 bits per heavy atom. The highest BCUT2D eigenvalue weighted by Crippen LogP contribution is 2.18. The molecule has 5 nitrogen and oxygen atoms in total. The van der Waals surface area contributed by atoms with Crippen molar-refractivity contribution in [2.24, 2.45) is 0 Å². The molecule has 0 aliphatic heterocycles. The van der Waals surface area contributed by atoms with Crippen LogP contribution in [0.1, 0.15) is 290 Å². The van der Waals surface area contributed by atoms with Gasteiger partial charge in [0.1, 0.15) is 6.10 Å². The topological polar surface area (TPSA) is 89.8 Å². The monoisotopic (exact) mass is 780 g/mol. The molecular weight excluding hydrogens is 679 g/mol. The molecule has 1 amide bonds. The van der Waals surface area contributed by atoms with Gasteiger partial charge in [-0.2, -0.15) is 0 Å². The van der Waals surface area contributed by atoms with Crippen molar-refractivity contribution in [2.75, 3.05) is 6.61 Å². The largest absolute Gasteiger partial charge is 0.394 e. The van der Waals surface area contributed by atoms with Crippen LogP contribution in [0.2, 0.25) is 0 Å². The number of carbonyl (C=O) groups is 1. The van der Waals surface area contributed by atoms with E-state index < -0.39 is 18.2 Å². The Balaban J connectivity index is 3.51. The van der Waals surface area contributed by atoms with Crippen LogP contribution >= 0.6 is 0 Å². The highest BCUT2D eigenvalue weighted by Gasteiger charge is 2.26. The molecule has 0 aromatic rings. The molecule has 4 N–H and O–H groups in total. The number of rotatable bonds is 47. The van der Waals surface area contributed by atoms with Crippen LogP contribution in [0.5, 0.6) is 0 Å². The number of unbranched alkanes of at least 4 members (excludes halogenated alkanes) is 39. The van der Waals surface area contributed by atoms with Crippen molar-refractivity contribution in [3.8, 4) is 0 Å². The third kappa shape index (κ3) is 41.3. The first kappa shape index (κ1) is 54.3. The van der Waals surface area contributed by atoms with Gasteiger partial charge in [-0.3, -0.25) is 4.79 Å². The van der Waals surface area contributed by atoms with Gasteiger partial charge in [-0.05, 0) is 12.8 Å². The molecule has 0 saturated heterocycles. The molecule has 0 bridgehead atoms. The van der Waals surface area contributed by atoms with Crippen molar-refractivity contribution in [1.29, 1.82) is 0 Å². The maximum absolute atomic E-state index is 12.5. The van der Waals surface area contributed by atoms with Gasteiger partial charge in [0.25, 0.3) is 0 Å². The summed E-state index contributed by atoms with van der Waals surface area (Å²) in [5.41, 5.74) is 0. The first-order valence-corrected chi connectivity index (χ1v) is 25.3. The van der Waals surface area contributed by atoms with Gasteiger partial charge in [0.2, 0.25) is 5.91 Å². The average Bonchev–Trinajstić information content (AvgIpc) is 3.19. The fourth-order valence-corrected chi connectivity index (χ4v) is 8.28. The van der Waals surface area contributed by atoms with E-state index in [1.54, 1.807) is 0 Å². The number of hydrogen-bond acceptors (Lipinski definition) is 4. The lowest BCUT2D eigenvalue weighted by Gasteiger charge is -2.26. The van der Waals surface area contributed by atoms with Crippen LogP contribution in [-0.2, 0) is 4.79 Å². The van der Waals surface area contributed by atoms with Gasteiger partial charge < -0.3 is 20.6 Å². The highest BCUT2D eigenvalue weighted by molar-refractivity contribution is 5.76. The van der Waals surface area contributed by atoms with Crippen molar-refractivity contribution < 1.29 is 20.1 Å². The highest BCUT2D eigenvalue weighted by atomic mass is 16.3. The summed E-state index contributed by atoms with van der Waals surface area (Å²) in [6.07, 6.45) is 53.8. The Morgan fingerprint density at radius 1 is 0.382 bits per heavy atom. The normalized spacial score (nSPS) is 13.3. The molecule has 0 unspecified atom stereocenters. The Hall–Kier alpha value is -0.650. The van der Waals surface area contributed by atoms with Gasteiger partial charge >= 0.3 is 0 Å². The summed E-state index contributed by atoms with van der Waals surface area (Å²) in [6.45, 7) is 4.21. The number of carbonyl (C=O) groups excluding carboxylic acids is 1. The molecule has 0 aliphatic rings. The zero-order chi connectivity index (χ0) is 40.1. The standard InChI is InChI=1S/C50H101NO4/c1-3-5-7-9-11-13-15-17-19-21-22-23-24-25-26-27-28-29-31-33-35-37-39-41-43-45-49(54)51-47(46-52)50(55)48(53)44-42-40-38-36-34-32-30-20-18-16-14-12-10-8-6-4-2/h47-48,50,52-53,55H,3-46H2,1-2H3,(H,51,54)/t47-,48+,50-/m0/s1. The van der Waals surface area contributed by atoms with Crippen LogP contribution in [0, 0.1) is 0 Å². The van der Waals surface area contributed by atoms with Crippen LogP contribution < -0.4 is 5.32 Å². The second-order valence-corrected chi connectivity index (χ2v) is 17.7. The molecular formula is C50H101NO4. The molecule has 0 rings (SSSR count). The van der Waals surface area contributed by atoms with E-state index >= 15 is 0 Å². The molecule has 0 spiro atoms. The summed E-state index contributed by atoms with van der Waals surface area (Å²) in [5.74, 6) is -0.137. The third-order valence-electron chi connectivity index (χ3n) is 12.2. The predicted molar refractivity (Wildman–Crippen MR) is 241 cm³/mol. The van der Waals surface area contributed by atoms with E-state index in [4.69, 9.17) is 0 Å². The molecule has 0 aliphatic carbocycles. The minimum atomic E-state index is -1.13. The maximum atomic E-state index is 12.5. The van der Waals surface area contributed by atoms with Gasteiger partial charge in [0.05, 0.1) is 18.8 Å². The molecule has 330 valence electrons. The first-order valence-electron chi connectivity index (χ1n) is 25.3. The van der Waals surface area contributed by atoms with Crippen molar-refractivity contribution in [1.82, 2.24) is 5.32 Å². The number of aliphatic hydroxyl groups is 3. The SMILES string of the molecule is CCCCCCCCCCCCCCCCCCCCCCCCCCCC(=O)N[C@@H](CO)[C@H](O)[C@H](O)CCCCCCCCCCCCCCCCCC. The number of amides is 1. The minimum absolute atomic E-state index is 0.137. The maximum Gasteiger partial charge on any atom is 0.220 e. The molecule has 0 radical (unpaired) electrons. The molecule has 0 aromatic heterocycles. The third-order valence-corrected chi connectivity index (χ3v) is 12.2. The van der Waals surface area contributed by atoms with Gasteiger partial charge in [-0.25, -0.2) is 0 Å². The average molecular weight is 780 g/mol. The second-order valence-electron chi connectivity index (χ2n) is 17.7. The van der Waals surface area contributed by atoms with Crippen molar-refractivity contribution in [2.45, 2.75) is 308 Å². The summed E-state index contributed by atoms with van der Waals surface area (Å²) >= 11 is 0. The predicted octanol–water partition coefficient (Wildman–Crippen LogP) is 15.0. The minimum Gasteiger partial charge on any atom is -0.394 e. The van der Waals surface area contributed by atoms with E-state index in [0.29, 0.717) is 12.8 Å². The van der Waals surface area contributed by atoms with E-state index in [2.05, 4.69) is 19.2 Å². The Labute approximate surface area is 345 Å². The Morgan fingerprint density at radius 2 is 0.618 bits per heavy atom. The smallest absolute Gasteiger partial charge is 0.220 e. The van der Waals surface area contributed by atoms with Crippen LogP contribution in [0.4, 0.5) is 0 Å². The molecule has 0 aromatic carbocycles. The van der Waals surface area contributed by atoms with Crippen molar-refractivity contribution in [3.63, 3.8) is 0 Å². The van der Waals surface area contributed by atoms with Gasteiger partial charge in [-0.15, -0.1) is 0 Å². The summed E-state index contributed by atoms with van der Waals surface area (Å²) < 4.78 is 0. The number of hydrogen-bond donors (Lipinski definition) is 4. The van der Waals surface area contributed by atoms with Crippen LogP contribution in [0.25, 0.3) is 0 Å². The quantitative estimate of drug-likeness (QED) is 0.0463. The lowest BCUT2D eigenvalue weighted by molar-refractivity contribution is -0.124. The number of nitrogens with one attached hydrogen (secondary N) is 1. The van der Waals surface area contributed by atoms with E-state index in [1.165, 1.54) is 231 Å². The summed E-state index contributed by atoms with van der Waals surface area (Å²) in [7, 11) is 0. The summed E-state index contributed by atoms with van der Waals surface area (Å²) in [5, 5.41) is 33.7. The van der Waals surface area contributed by atoms with Gasteiger partial charge in [-0.1, -0.05) is 271 Å². The van der Waals surface area contributed by atoms with E-state index in [-0.39, 0.29) is 12.5 Å². The zero-order valence-electron chi connectivity index (χ0n) is 37.6. The Bertz CT molecular complexity index is 733. The van der Waals surface area contributed by atoms with E-state index in [0.717, 1.165) is 32.1 Å². The zero-order valence-corrected chi connectivity index (χ0v) is 37.6. The van der Waals surface area contributed by atoms with Crippen molar-refractivity contribution >= 4 is 5.91 Å². The van der Waals surface area contributed by atoms with E-state index in [1.807, 2.05) is 0 Å². The molecule has 5 heteroatoms. The molecule has 3 atom stereocenters. The lowest BCUT2D eigenvalue weighted by Crippen LogP contribution is -2.50. The van der Waals surface area contributed by atoms with Crippen LogP contribution in [0.15, 0.2) is 0 Å². The fraction of sp³-hybridized carbons (Fsp3) is 0.980.